The first-order valence-electron chi connectivity index (χ1n) is 6.88. The molecule has 1 rings (SSSR count). The zero-order valence-electron chi connectivity index (χ0n) is 12.6. The SMILES string of the molecule is CCCNCc1nc(C)ccc1OC(C)C(=O)NC(N)=O. The molecule has 3 amide bonds. The van der Waals surface area contributed by atoms with Gasteiger partial charge in [-0.3, -0.25) is 15.1 Å². The molecule has 0 aliphatic heterocycles. The number of primary amides is 1. The van der Waals surface area contributed by atoms with Gasteiger partial charge in [-0.2, -0.15) is 0 Å². The number of carbonyl (C=O) groups excluding carboxylic acids is 2. The topological polar surface area (TPSA) is 106 Å². The number of imide groups is 1. The molecule has 0 aliphatic carbocycles. The Morgan fingerprint density at radius 2 is 2.14 bits per heavy atom. The fraction of sp³-hybridized carbons (Fsp3) is 0.500. The van der Waals surface area contributed by atoms with E-state index >= 15 is 0 Å². The van der Waals surface area contributed by atoms with E-state index in [0.717, 1.165) is 24.4 Å². The summed E-state index contributed by atoms with van der Waals surface area (Å²) in [7, 11) is 0. The van der Waals surface area contributed by atoms with Gasteiger partial charge in [0.05, 0.1) is 5.69 Å². The van der Waals surface area contributed by atoms with E-state index < -0.39 is 18.0 Å². The Morgan fingerprint density at radius 3 is 2.76 bits per heavy atom. The van der Waals surface area contributed by atoms with Crippen LogP contribution < -0.4 is 21.1 Å². The van der Waals surface area contributed by atoms with Crippen LogP contribution in [0.5, 0.6) is 5.75 Å². The van der Waals surface area contributed by atoms with Crippen molar-refractivity contribution in [3.8, 4) is 5.75 Å². The van der Waals surface area contributed by atoms with Crippen molar-refractivity contribution < 1.29 is 14.3 Å². The minimum Gasteiger partial charge on any atom is -0.479 e. The van der Waals surface area contributed by atoms with Gasteiger partial charge in [-0.25, -0.2) is 4.79 Å². The number of pyridine rings is 1. The van der Waals surface area contributed by atoms with E-state index in [0.29, 0.717) is 12.3 Å². The molecule has 1 atom stereocenters. The second kappa shape index (κ2) is 8.21. The third-order valence-electron chi connectivity index (χ3n) is 2.71. The van der Waals surface area contributed by atoms with Crippen LogP contribution in [0.4, 0.5) is 4.79 Å². The highest BCUT2D eigenvalue weighted by Gasteiger charge is 2.18. The van der Waals surface area contributed by atoms with E-state index in [2.05, 4.69) is 17.2 Å². The first-order chi connectivity index (χ1) is 9.93. The summed E-state index contributed by atoms with van der Waals surface area (Å²) in [4.78, 5) is 26.7. The van der Waals surface area contributed by atoms with Gasteiger partial charge < -0.3 is 15.8 Å². The van der Waals surface area contributed by atoms with Crippen molar-refractivity contribution in [3.05, 3.63) is 23.5 Å². The summed E-state index contributed by atoms with van der Waals surface area (Å²) < 4.78 is 5.57. The standard InChI is InChI=1S/C14H22N4O3/c1-4-7-16-8-11-12(6-5-9(2)17-11)21-10(3)13(19)18-14(15)20/h5-6,10,16H,4,7-8H2,1-3H3,(H3,15,18,19,20). The average molecular weight is 294 g/mol. The molecular formula is C14H22N4O3. The third kappa shape index (κ3) is 5.78. The van der Waals surface area contributed by atoms with Crippen LogP contribution in [0.1, 0.15) is 31.7 Å². The first-order valence-corrected chi connectivity index (χ1v) is 6.88. The number of ether oxygens (including phenoxy) is 1. The summed E-state index contributed by atoms with van der Waals surface area (Å²) >= 11 is 0. The number of nitrogens with two attached hydrogens (primary N) is 1. The number of carbonyl (C=O) groups is 2. The second-order valence-electron chi connectivity index (χ2n) is 4.69. The van der Waals surface area contributed by atoms with Gasteiger partial charge in [0, 0.05) is 12.2 Å². The average Bonchev–Trinajstić information content (AvgIpc) is 2.41. The Labute approximate surface area is 124 Å². The lowest BCUT2D eigenvalue weighted by Crippen LogP contribution is -2.42. The van der Waals surface area contributed by atoms with E-state index in [4.69, 9.17) is 10.5 Å². The minimum atomic E-state index is -0.901. The van der Waals surface area contributed by atoms with Crippen LogP contribution in [0.25, 0.3) is 0 Å². The quantitative estimate of drug-likeness (QED) is 0.646. The lowest BCUT2D eigenvalue weighted by molar-refractivity contribution is -0.126. The van der Waals surface area contributed by atoms with Crippen LogP contribution in [0.3, 0.4) is 0 Å². The van der Waals surface area contributed by atoms with Gasteiger partial charge in [0.1, 0.15) is 5.75 Å². The van der Waals surface area contributed by atoms with Crippen molar-refractivity contribution in [3.63, 3.8) is 0 Å². The molecule has 0 saturated heterocycles. The van der Waals surface area contributed by atoms with Crippen molar-refractivity contribution in [1.29, 1.82) is 0 Å². The number of nitrogens with one attached hydrogen (secondary N) is 2. The van der Waals surface area contributed by atoms with Crippen LogP contribution in [0.15, 0.2) is 12.1 Å². The van der Waals surface area contributed by atoms with Crippen molar-refractivity contribution in [1.82, 2.24) is 15.6 Å². The van der Waals surface area contributed by atoms with Crippen LogP contribution in [0.2, 0.25) is 0 Å². The molecular weight excluding hydrogens is 272 g/mol. The maximum Gasteiger partial charge on any atom is 0.318 e. The number of aryl methyl sites for hydroxylation is 1. The van der Waals surface area contributed by atoms with Crippen LogP contribution >= 0.6 is 0 Å². The summed E-state index contributed by atoms with van der Waals surface area (Å²) in [5, 5.41) is 5.22. The number of amides is 3. The van der Waals surface area contributed by atoms with Crippen LogP contribution in [-0.2, 0) is 11.3 Å². The van der Waals surface area contributed by atoms with Crippen LogP contribution in [-0.4, -0.2) is 29.6 Å². The van der Waals surface area contributed by atoms with Crippen molar-refractivity contribution in [2.75, 3.05) is 6.54 Å². The molecule has 4 N–H and O–H groups in total. The maximum absolute atomic E-state index is 11.6. The third-order valence-corrected chi connectivity index (χ3v) is 2.71. The smallest absolute Gasteiger partial charge is 0.318 e. The van der Waals surface area contributed by atoms with Gasteiger partial charge in [-0.05, 0) is 38.9 Å². The molecule has 0 aliphatic rings. The van der Waals surface area contributed by atoms with Gasteiger partial charge in [0.15, 0.2) is 6.10 Å². The monoisotopic (exact) mass is 294 g/mol. The Kier molecular flexibility index (Phi) is 6.61. The largest absolute Gasteiger partial charge is 0.479 e. The van der Waals surface area contributed by atoms with E-state index in [9.17, 15) is 9.59 Å². The molecule has 7 nitrogen and oxygen atoms in total. The normalized spacial score (nSPS) is 11.8. The number of urea groups is 1. The van der Waals surface area contributed by atoms with Crippen molar-refractivity contribution >= 4 is 11.9 Å². The molecule has 0 radical (unpaired) electrons. The number of aromatic nitrogens is 1. The zero-order chi connectivity index (χ0) is 15.8. The Bertz CT molecular complexity index is 505. The van der Waals surface area contributed by atoms with Crippen LogP contribution in [0, 0.1) is 6.92 Å². The van der Waals surface area contributed by atoms with E-state index in [-0.39, 0.29) is 0 Å². The lowest BCUT2D eigenvalue weighted by Gasteiger charge is -2.16. The molecule has 116 valence electrons. The predicted molar refractivity (Wildman–Crippen MR) is 78.8 cm³/mol. The van der Waals surface area contributed by atoms with Gasteiger partial charge in [-0.1, -0.05) is 6.92 Å². The highest BCUT2D eigenvalue weighted by Crippen LogP contribution is 2.18. The molecule has 21 heavy (non-hydrogen) atoms. The second-order valence-corrected chi connectivity index (χ2v) is 4.69. The van der Waals surface area contributed by atoms with E-state index in [1.807, 2.05) is 12.2 Å². The highest BCUT2D eigenvalue weighted by molar-refractivity contribution is 5.95. The summed E-state index contributed by atoms with van der Waals surface area (Å²) in [6.07, 6.45) is 0.173. The predicted octanol–water partition coefficient (Wildman–Crippen LogP) is 0.852. The first kappa shape index (κ1) is 16.9. The van der Waals surface area contributed by atoms with E-state index in [1.165, 1.54) is 0 Å². The number of nitrogens with zero attached hydrogens (tertiary/aromatic N) is 1. The summed E-state index contributed by atoms with van der Waals surface area (Å²) in [5.74, 6) is -0.0770. The fourth-order valence-electron chi connectivity index (χ4n) is 1.68. The summed E-state index contributed by atoms with van der Waals surface area (Å²) in [5.41, 5.74) is 6.50. The molecule has 0 aromatic carbocycles. The Balaban J connectivity index is 2.76. The maximum atomic E-state index is 11.6. The molecule has 1 unspecified atom stereocenters. The van der Waals surface area contributed by atoms with Crippen molar-refractivity contribution in [2.24, 2.45) is 5.73 Å². The van der Waals surface area contributed by atoms with Gasteiger partial charge in [0.25, 0.3) is 5.91 Å². The summed E-state index contributed by atoms with van der Waals surface area (Å²) in [6.45, 7) is 6.92. The highest BCUT2D eigenvalue weighted by atomic mass is 16.5. The summed E-state index contributed by atoms with van der Waals surface area (Å²) in [6, 6.07) is 2.67. The fourth-order valence-corrected chi connectivity index (χ4v) is 1.68. The molecule has 0 saturated carbocycles. The molecule has 0 fully saturated rings. The number of rotatable bonds is 7. The molecule has 0 bridgehead atoms. The van der Waals surface area contributed by atoms with Gasteiger partial charge in [0.2, 0.25) is 0 Å². The Hall–Kier alpha value is -2.15. The minimum absolute atomic E-state index is 0.510. The zero-order valence-corrected chi connectivity index (χ0v) is 12.6. The molecule has 0 spiro atoms. The Morgan fingerprint density at radius 1 is 1.43 bits per heavy atom. The number of hydrogen-bond acceptors (Lipinski definition) is 5. The molecule has 1 aromatic rings. The van der Waals surface area contributed by atoms with Gasteiger partial charge in [-0.15, -0.1) is 0 Å². The van der Waals surface area contributed by atoms with Crippen molar-refractivity contribution in [2.45, 2.75) is 39.8 Å². The lowest BCUT2D eigenvalue weighted by atomic mass is 10.2. The van der Waals surface area contributed by atoms with Gasteiger partial charge >= 0.3 is 6.03 Å². The number of hydrogen-bond donors (Lipinski definition) is 3. The van der Waals surface area contributed by atoms with E-state index in [1.54, 1.807) is 19.1 Å². The molecule has 1 aromatic heterocycles. The molecule has 7 heteroatoms. The molecule has 1 heterocycles.